The van der Waals surface area contributed by atoms with Gasteiger partial charge in [0.05, 0.1) is 6.42 Å². The molecule has 2 aromatic carbocycles. The highest BCUT2D eigenvalue weighted by Gasteiger charge is 2.17. The smallest absolute Gasteiger partial charge is 0.323 e. The highest BCUT2D eigenvalue weighted by atomic mass is 19.1. The number of halogens is 1. The molecular weight excluding hydrogens is 273 g/mol. The topological polar surface area (TPSA) is 70.2 Å². The van der Waals surface area contributed by atoms with Crippen LogP contribution in [0.15, 0.2) is 42.5 Å². The van der Waals surface area contributed by atoms with Crippen molar-refractivity contribution in [2.75, 3.05) is 16.0 Å². The van der Waals surface area contributed by atoms with E-state index in [0.29, 0.717) is 23.5 Å². The van der Waals surface area contributed by atoms with E-state index < -0.39 is 6.03 Å². The number of nitrogens with one attached hydrogen (secondary N) is 3. The van der Waals surface area contributed by atoms with E-state index in [0.717, 1.165) is 5.56 Å². The summed E-state index contributed by atoms with van der Waals surface area (Å²) < 4.78 is 12.8. The zero-order chi connectivity index (χ0) is 14.8. The third kappa shape index (κ3) is 3.00. The van der Waals surface area contributed by atoms with E-state index in [9.17, 15) is 14.0 Å². The summed E-state index contributed by atoms with van der Waals surface area (Å²) in [6.45, 7) is 0. The van der Waals surface area contributed by atoms with Crippen LogP contribution in [0.3, 0.4) is 0 Å². The van der Waals surface area contributed by atoms with E-state index in [2.05, 4.69) is 16.0 Å². The molecule has 0 fully saturated rings. The largest absolute Gasteiger partial charge is 0.325 e. The average Bonchev–Trinajstić information content (AvgIpc) is 2.80. The van der Waals surface area contributed by atoms with Crippen LogP contribution in [0.1, 0.15) is 5.56 Å². The molecule has 3 rings (SSSR count). The Bertz CT molecular complexity index is 713. The second-order valence-corrected chi connectivity index (χ2v) is 4.68. The van der Waals surface area contributed by atoms with Crippen LogP contribution in [0.4, 0.5) is 26.2 Å². The van der Waals surface area contributed by atoms with E-state index in [1.165, 1.54) is 24.3 Å². The molecule has 0 saturated carbocycles. The number of amides is 3. The van der Waals surface area contributed by atoms with Crippen molar-refractivity contribution in [1.29, 1.82) is 0 Å². The molecular formula is C15H12FN3O2. The van der Waals surface area contributed by atoms with Gasteiger partial charge in [-0.3, -0.25) is 4.79 Å². The van der Waals surface area contributed by atoms with Crippen LogP contribution in [-0.2, 0) is 11.2 Å². The minimum Gasteiger partial charge on any atom is -0.325 e. The highest BCUT2D eigenvalue weighted by molar-refractivity contribution is 6.02. The number of fused-ring (bicyclic) bond motifs is 1. The van der Waals surface area contributed by atoms with Crippen molar-refractivity contribution in [2.24, 2.45) is 0 Å². The van der Waals surface area contributed by atoms with Gasteiger partial charge in [-0.2, -0.15) is 0 Å². The third-order valence-electron chi connectivity index (χ3n) is 3.09. The van der Waals surface area contributed by atoms with Gasteiger partial charge in [-0.25, -0.2) is 9.18 Å². The first-order valence-electron chi connectivity index (χ1n) is 6.36. The van der Waals surface area contributed by atoms with E-state index in [4.69, 9.17) is 0 Å². The Morgan fingerprint density at radius 3 is 2.48 bits per heavy atom. The van der Waals surface area contributed by atoms with Crippen molar-refractivity contribution in [2.45, 2.75) is 6.42 Å². The second-order valence-electron chi connectivity index (χ2n) is 4.68. The van der Waals surface area contributed by atoms with E-state index in [1.54, 1.807) is 18.2 Å². The van der Waals surface area contributed by atoms with Gasteiger partial charge >= 0.3 is 6.03 Å². The van der Waals surface area contributed by atoms with Crippen molar-refractivity contribution in [1.82, 2.24) is 0 Å². The molecule has 0 saturated heterocycles. The highest BCUT2D eigenvalue weighted by Crippen LogP contribution is 2.26. The van der Waals surface area contributed by atoms with Gasteiger partial charge in [0.2, 0.25) is 5.91 Å². The van der Waals surface area contributed by atoms with Crippen LogP contribution in [0.25, 0.3) is 0 Å². The minimum absolute atomic E-state index is 0.0575. The van der Waals surface area contributed by atoms with Gasteiger partial charge < -0.3 is 16.0 Å². The summed E-state index contributed by atoms with van der Waals surface area (Å²) in [5.74, 6) is -0.423. The monoisotopic (exact) mass is 285 g/mol. The lowest BCUT2D eigenvalue weighted by Gasteiger charge is -2.09. The van der Waals surface area contributed by atoms with Crippen molar-refractivity contribution in [3.05, 3.63) is 53.8 Å². The quantitative estimate of drug-likeness (QED) is 0.794. The first-order valence-corrected chi connectivity index (χ1v) is 6.36. The first-order chi connectivity index (χ1) is 10.1. The van der Waals surface area contributed by atoms with E-state index >= 15 is 0 Å². The summed E-state index contributed by atoms with van der Waals surface area (Å²) in [6.07, 6.45) is 0.359. The van der Waals surface area contributed by atoms with Crippen molar-refractivity contribution >= 4 is 29.0 Å². The number of urea groups is 1. The third-order valence-corrected chi connectivity index (χ3v) is 3.09. The fourth-order valence-corrected chi connectivity index (χ4v) is 2.12. The predicted molar refractivity (Wildman–Crippen MR) is 77.8 cm³/mol. The molecule has 1 aliphatic rings. The van der Waals surface area contributed by atoms with Gasteiger partial charge in [0.15, 0.2) is 0 Å². The number of carbonyl (C=O) groups is 2. The zero-order valence-corrected chi connectivity index (χ0v) is 10.9. The maximum atomic E-state index is 12.8. The van der Waals surface area contributed by atoms with Gasteiger partial charge in [0.25, 0.3) is 0 Å². The minimum atomic E-state index is -0.439. The Labute approximate surface area is 120 Å². The lowest BCUT2D eigenvalue weighted by atomic mass is 10.1. The molecule has 1 heterocycles. The van der Waals surface area contributed by atoms with Crippen molar-refractivity contribution < 1.29 is 14.0 Å². The summed E-state index contributed by atoms with van der Waals surface area (Å²) in [7, 11) is 0. The van der Waals surface area contributed by atoms with Crippen LogP contribution in [0, 0.1) is 5.82 Å². The molecule has 3 amide bonds. The molecule has 0 atom stereocenters. The molecule has 0 radical (unpaired) electrons. The molecule has 21 heavy (non-hydrogen) atoms. The van der Waals surface area contributed by atoms with Gasteiger partial charge in [-0.15, -0.1) is 0 Å². The zero-order valence-electron chi connectivity index (χ0n) is 10.9. The van der Waals surface area contributed by atoms with Gasteiger partial charge in [-0.05, 0) is 42.0 Å². The molecule has 6 heteroatoms. The fraction of sp³-hybridized carbons (Fsp3) is 0.0667. The molecule has 0 bridgehead atoms. The van der Waals surface area contributed by atoms with Crippen LogP contribution >= 0.6 is 0 Å². The lowest BCUT2D eigenvalue weighted by Crippen LogP contribution is -2.19. The molecule has 1 aliphatic heterocycles. The van der Waals surface area contributed by atoms with Gasteiger partial charge in [0, 0.05) is 17.1 Å². The van der Waals surface area contributed by atoms with Gasteiger partial charge in [-0.1, -0.05) is 6.07 Å². The van der Waals surface area contributed by atoms with Gasteiger partial charge in [0.1, 0.15) is 5.82 Å². The predicted octanol–water partition coefficient (Wildman–Crippen LogP) is 2.96. The average molecular weight is 285 g/mol. The number of anilines is 3. The maximum absolute atomic E-state index is 12.8. The normalized spacial score (nSPS) is 12.5. The first kappa shape index (κ1) is 13.1. The number of benzene rings is 2. The Hall–Kier alpha value is -2.89. The van der Waals surface area contributed by atoms with Crippen LogP contribution in [-0.4, -0.2) is 11.9 Å². The standard InChI is InChI=1S/C15H12FN3O2/c16-10-2-5-11(6-3-10)17-15(21)18-12-4-1-9-7-14(20)19-13(9)8-12/h1-6,8H,7H2,(H,19,20)(H2,17,18,21). The number of hydrogen-bond acceptors (Lipinski definition) is 2. The molecule has 106 valence electrons. The summed E-state index contributed by atoms with van der Waals surface area (Å²) >= 11 is 0. The summed E-state index contributed by atoms with van der Waals surface area (Å²) in [5.41, 5.74) is 2.67. The molecule has 5 nitrogen and oxygen atoms in total. The molecule has 0 aromatic heterocycles. The van der Waals surface area contributed by atoms with E-state index in [-0.39, 0.29) is 11.7 Å². The van der Waals surface area contributed by atoms with Crippen molar-refractivity contribution in [3.8, 4) is 0 Å². The molecule has 0 aliphatic carbocycles. The van der Waals surface area contributed by atoms with E-state index in [1.807, 2.05) is 0 Å². The Morgan fingerprint density at radius 1 is 1.05 bits per heavy atom. The molecule has 0 spiro atoms. The molecule has 2 aromatic rings. The number of rotatable bonds is 2. The van der Waals surface area contributed by atoms with Crippen LogP contribution in [0.5, 0.6) is 0 Å². The Kier molecular flexibility index (Phi) is 3.27. The molecule has 3 N–H and O–H groups in total. The summed E-state index contributed by atoms with van der Waals surface area (Å²) in [6, 6.07) is 10.2. The molecule has 0 unspecified atom stereocenters. The second kappa shape index (κ2) is 5.24. The van der Waals surface area contributed by atoms with Crippen LogP contribution in [0.2, 0.25) is 0 Å². The SMILES string of the molecule is O=C1Cc2ccc(NC(=O)Nc3ccc(F)cc3)cc2N1. The number of hydrogen-bond donors (Lipinski definition) is 3. The fourth-order valence-electron chi connectivity index (χ4n) is 2.12. The van der Waals surface area contributed by atoms with Crippen molar-refractivity contribution in [3.63, 3.8) is 0 Å². The van der Waals surface area contributed by atoms with Crippen LogP contribution < -0.4 is 16.0 Å². The Balaban J connectivity index is 1.66. The maximum Gasteiger partial charge on any atom is 0.323 e. The lowest BCUT2D eigenvalue weighted by molar-refractivity contribution is -0.115. The Morgan fingerprint density at radius 2 is 1.71 bits per heavy atom. The summed E-state index contributed by atoms with van der Waals surface area (Å²) in [5, 5.41) is 7.96. The summed E-state index contributed by atoms with van der Waals surface area (Å²) in [4.78, 5) is 23.1. The number of carbonyl (C=O) groups excluding carboxylic acids is 2.